The van der Waals surface area contributed by atoms with Crippen molar-refractivity contribution in [2.45, 2.75) is 19.4 Å². The number of hydrogen-bond donors (Lipinski definition) is 3. The molecule has 1 atom stereocenters. The average Bonchev–Trinajstić information content (AvgIpc) is 2.70. The molecule has 0 aromatic carbocycles. The first-order valence-corrected chi connectivity index (χ1v) is 4.47. The molecule has 78 valence electrons. The van der Waals surface area contributed by atoms with Crippen LogP contribution < -0.4 is 11.1 Å². The SMILES string of the molecule is C[C@@H](NCC/C(N)=N/O)c1ccco1. The summed E-state index contributed by atoms with van der Waals surface area (Å²) in [6.07, 6.45) is 2.15. The van der Waals surface area contributed by atoms with Crippen LogP contribution in [-0.2, 0) is 0 Å². The molecule has 0 radical (unpaired) electrons. The molecule has 0 saturated heterocycles. The van der Waals surface area contributed by atoms with E-state index in [4.69, 9.17) is 15.4 Å². The summed E-state index contributed by atoms with van der Waals surface area (Å²) in [7, 11) is 0. The molecule has 0 amide bonds. The molecule has 0 bridgehead atoms. The van der Waals surface area contributed by atoms with Crippen LogP contribution in [0.2, 0.25) is 0 Å². The Labute approximate surface area is 82.6 Å². The first-order valence-electron chi connectivity index (χ1n) is 4.47. The zero-order chi connectivity index (χ0) is 10.4. The fourth-order valence-electron chi connectivity index (χ4n) is 1.10. The summed E-state index contributed by atoms with van der Waals surface area (Å²) >= 11 is 0. The molecule has 0 saturated carbocycles. The third-order valence-electron chi connectivity index (χ3n) is 1.93. The van der Waals surface area contributed by atoms with Gasteiger partial charge in [-0.25, -0.2) is 0 Å². The maximum Gasteiger partial charge on any atom is 0.140 e. The third kappa shape index (κ3) is 3.10. The fourth-order valence-corrected chi connectivity index (χ4v) is 1.10. The monoisotopic (exact) mass is 197 g/mol. The average molecular weight is 197 g/mol. The highest BCUT2D eigenvalue weighted by Crippen LogP contribution is 2.11. The lowest BCUT2D eigenvalue weighted by Crippen LogP contribution is -2.24. The summed E-state index contributed by atoms with van der Waals surface area (Å²) in [6, 6.07) is 3.88. The van der Waals surface area contributed by atoms with Crippen LogP contribution in [0.4, 0.5) is 0 Å². The van der Waals surface area contributed by atoms with Gasteiger partial charge in [0, 0.05) is 13.0 Å². The quantitative estimate of drug-likeness (QED) is 0.285. The van der Waals surface area contributed by atoms with Gasteiger partial charge in [0.1, 0.15) is 11.6 Å². The zero-order valence-corrected chi connectivity index (χ0v) is 8.10. The topological polar surface area (TPSA) is 83.8 Å². The van der Waals surface area contributed by atoms with Crippen LogP contribution in [0.3, 0.4) is 0 Å². The van der Waals surface area contributed by atoms with Gasteiger partial charge in [-0.05, 0) is 19.1 Å². The second-order valence-electron chi connectivity index (χ2n) is 3.03. The summed E-state index contributed by atoms with van der Waals surface area (Å²) < 4.78 is 5.21. The number of amidine groups is 1. The van der Waals surface area contributed by atoms with Crippen molar-refractivity contribution in [2.24, 2.45) is 10.9 Å². The van der Waals surface area contributed by atoms with E-state index >= 15 is 0 Å². The molecule has 1 aromatic heterocycles. The minimum absolute atomic E-state index is 0.136. The molecular weight excluding hydrogens is 182 g/mol. The molecule has 0 aliphatic heterocycles. The van der Waals surface area contributed by atoms with E-state index in [2.05, 4.69) is 10.5 Å². The molecule has 4 N–H and O–H groups in total. The number of nitrogens with two attached hydrogens (primary N) is 1. The van der Waals surface area contributed by atoms with Gasteiger partial charge >= 0.3 is 0 Å². The maximum atomic E-state index is 8.30. The molecule has 5 nitrogen and oxygen atoms in total. The molecule has 0 unspecified atom stereocenters. The standard InChI is InChI=1S/C9H15N3O2/c1-7(8-3-2-6-14-8)11-5-4-9(10)12-13/h2-3,6-7,11,13H,4-5H2,1H3,(H2,10,12)/t7-/m1/s1. The van der Waals surface area contributed by atoms with Gasteiger partial charge in [0.2, 0.25) is 0 Å². The van der Waals surface area contributed by atoms with E-state index in [0.29, 0.717) is 13.0 Å². The molecule has 1 aromatic rings. The largest absolute Gasteiger partial charge is 0.468 e. The molecule has 14 heavy (non-hydrogen) atoms. The van der Waals surface area contributed by atoms with Crippen molar-refractivity contribution >= 4 is 5.84 Å². The lowest BCUT2D eigenvalue weighted by molar-refractivity contribution is 0.316. The van der Waals surface area contributed by atoms with E-state index in [-0.39, 0.29) is 11.9 Å². The van der Waals surface area contributed by atoms with Gasteiger partial charge in [0.25, 0.3) is 0 Å². The second kappa shape index (κ2) is 5.29. The van der Waals surface area contributed by atoms with E-state index < -0.39 is 0 Å². The predicted molar refractivity (Wildman–Crippen MR) is 53.2 cm³/mol. The predicted octanol–water partition coefficient (Wildman–Crippen LogP) is 1.07. The first-order chi connectivity index (χ1) is 6.74. The van der Waals surface area contributed by atoms with Gasteiger partial charge in [-0.15, -0.1) is 0 Å². The minimum atomic E-state index is 0.136. The smallest absolute Gasteiger partial charge is 0.140 e. The molecule has 1 heterocycles. The summed E-state index contributed by atoms with van der Waals surface area (Å²) in [6.45, 7) is 2.64. The Bertz CT molecular complexity index is 282. The van der Waals surface area contributed by atoms with Crippen LogP contribution in [0.5, 0.6) is 0 Å². The van der Waals surface area contributed by atoms with Gasteiger partial charge in [0.05, 0.1) is 12.3 Å². The highest BCUT2D eigenvalue weighted by molar-refractivity contribution is 5.79. The minimum Gasteiger partial charge on any atom is -0.468 e. The van der Waals surface area contributed by atoms with Crippen molar-refractivity contribution in [2.75, 3.05) is 6.54 Å². The van der Waals surface area contributed by atoms with Gasteiger partial charge in [-0.2, -0.15) is 0 Å². The summed E-state index contributed by atoms with van der Waals surface area (Å²) in [5.41, 5.74) is 5.31. The van der Waals surface area contributed by atoms with Gasteiger partial charge in [0.15, 0.2) is 0 Å². The third-order valence-corrected chi connectivity index (χ3v) is 1.93. The van der Waals surface area contributed by atoms with Gasteiger partial charge in [-0.1, -0.05) is 5.16 Å². The maximum absolute atomic E-state index is 8.30. The van der Waals surface area contributed by atoms with Crippen molar-refractivity contribution < 1.29 is 9.62 Å². The van der Waals surface area contributed by atoms with Crippen LogP contribution in [0.15, 0.2) is 28.0 Å². The molecule has 0 fully saturated rings. The molecule has 1 rings (SSSR count). The molecule has 0 spiro atoms. The van der Waals surface area contributed by atoms with E-state index in [1.807, 2.05) is 19.1 Å². The highest BCUT2D eigenvalue weighted by atomic mass is 16.4. The van der Waals surface area contributed by atoms with Gasteiger partial charge in [-0.3, -0.25) is 0 Å². The van der Waals surface area contributed by atoms with Gasteiger partial charge < -0.3 is 20.7 Å². The fraction of sp³-hybridized carbons (Fsp3) is 0.444. The van der Waals surface area contributed by atoms with E-state index in [0.717, 1.165) is 5.76 Å². The van der Waals surface area contributed by atoms with E-state index in [9.17, 15) is 0 Å². The molecule has 5 heteroatoms. The van der Waals surface area contributed by atoms with Crippen LogP contribution in [0.1, 0.15) is 25.1 Å². The Morgan fingerprint density at radius 1 is 1.79 bits per heavy atom. The number of furan rings is 1. The Balaban J connectivity index is 2.26. The van der Waals surface area contributed by atoms with Crippen molar-refractivity contribution in [1.29, 1.82) is 0 Å². The lowest BCUT2D eigenvalue weighted by atomic mass is 10.2. The number of hydrogen-bond acceptors (Lipinski definition) is 4. The lowest BCUT2D eigenvalue weighted by Gasteiger charge is -2.10. The molecule has 0 aliphatic carbocycles. The van der Waals surface area contributed by atoms with Crippen LogP contribution in [-0.4, -0.2) is 17.6 Å². The van der Waals surface area contributed by atoms with Crippen LogP contribution >= 0.6 is 0 Å². The van der Waals surface area contributed by atoms with Crippen molar-refractivity contribution in [1.82, 2.24) is 5.32 Å². The van der Waals surface area contributed by atoms with E-state index in [1.54, 1.807) is 6.26 Å². The molecular formula is C9H15N3O2. The Morgan fingerprint density at radius 2 is 2.57 bits per heavy atom. The van der Waals surface area contributed by atoms with Crippen molar-refractivity contribution in [3.63, 3.8) is 0 Å². The summed E-state index contributed by atoms with van der Waals surface area (Å²) in [5.74, 6) is 1.11. The van der Waals surface area contributed by atoms with Crippen molar-refractivity contribution in [3.05, 3.63) is 24.2 Å². The summed E-state index contributed by atoms with van der Waals surface area (Å²) in [5, 5.41) is 14.4. The zero-order valence-electron chi connectivity index (χ0n) is 8.10. The number of oxime groups is 1. The summed E-state index contributed by atoms with van der Waals surface area (Å²) in [4.78, 5) is 0. The van der Waals surface area contributed by atoms with E-state index in [1.165, 1.54) is 0 Å². The number of rotatable bonds is 5. The second-order valence-corrected chi connectivity index (χ2v) is 3.03. The van der Waals surface area contributed by atoms with Crippen molar-refractivity contribution in [3.8, 4) is 0 Å². The number of nitrogens with zero attached hydrogens (tertiary/aromatic N) is 1. The Kier molecular flexibility index (Phi) is 4.00. The van der Waals surface area contributed by atoms with Crippen LogP contribution in [0.25, 0.3) is 0 Å². The number of nitrogens with one attached hydrogen (secondary N) is 1. The first kappa shape index (κ1) is 10.6. The Hall–Kier alpha value is -1.49. The highest BCUT2D eigenvalue weighted by Gasteiger charge is 2.06. The Morgan fingerprint density at radius 3 is 3.14 bits per heavy atom. The van der Waals surface area contributed by atoms with Crippen LogP contribution in [0, 0.1) is 0 Å². The normalized spacial score (nSPS) is 14.2. The molecule has 0 aliphatic rings.